The van der Waals surface area contributed by atoms with E-state index in [1.54, 1.807) is 0 Å². The molecule has 5 rings (SSSR count). The van der Waals surface area contributed by atoms with Crippen molar-refractivity contribution < 1.29 is 47.4 Å². The van der Waals surface area contributed by atoms with Gasteiger partial charge in [-0.25, -0.2) is 4.79 Å². The van der Waals surface area contributed by atoms with Crippen LogP contribution in [0.3, 0.4) is 0 Å². The molecule has 5 fully saturated rings. The van der Waals surface area contributed by atoms with Gasteiger partial charge in [-0.1, -0.05) is 0 Å². The molecule has 4 unspecified atom stereocenters. The summed E-state index contributed by atoms with van der Waals surface area (Å²) in [4.78, 5) is 13.3. The van der Waals surface area contributed by atoms with Crippen molar-refractivity contribution in [2.45, 2.75) is 127 Å². The van der Waals surface area contributed by atoms with Gasteiger partial charge in [-0.05, 0) is 77.0 Å². The van der Waals surface area contributed by atoms with E-state index in [0.717, 1.165) is 77.0 Å². The second-order valence-electron chi connectivity index (χ2n) is 10.3. The lowest BCUT2D eigenvalue weighted by Gasteiger charge is -2.44. The van der Waals surface area contributed by atoms with E-state index >= 15 is 0 Å². The van der Waals surface area contributed by atoms with Crippen molar-refractivity contribution in [1.29, 1.82) is 0 Å². The largest absolute Gasteiger partial charge is 0.455 e. The Balaban J connectivity index is 1.34. The van der Waals surface area contributed by atoms with E-state index in [1.807, 2.05) is 0 Å². The minimum absolute atomic E-state index is 0.145. The molecule has 10 nitrogen and oxygen atoms in total. The van der Waals surface area contributed by atoms with E-state index in [9.17, 15) is 4.79 Å². The van der Waals surface area contributed by atoms with Gasteiger partial charge in [0.1, 0.15) is 12.2 Å². The first-order valence-corrected chi connectivity index (χ1v) is 14.0. The highest BCUT2D eigenvalue weighted by Crippen LogP contribution is 2.32. The highest BCUT2D eigenvalue weighted by Gasteiger charge is 2.52. The molecule has 0 aromatic carbocycles. The highest BCUT2D eigenvalue weighted by molar-refractivity contribution is 5.77. The molecule has 36 heavy (non-hydrogen) atoms. The molecule has 10 heteroatoms. The molecule has 5 aliphatic heterocycles. The van der Waals surface area contributed by atoms with Crippen molar-refractivity contribution in [3.63, 3.8) is 0 Å². The van der Waals surface area contributed by atoms with Crippen molar-refractivity contribution in [3.8, 4) is 0 Å². The molecule has 0 saturated carbocycles. The van der Waals surface area contributed by atoms with Crippen LogP contribution in [0.15, 0.2) is 0 Å². The zero-order valence-corrected chi connectivity index (χ0v) is 21.2. The number of carbonyl (C=O) groups is 1. The van der Waals surface area contributed by atoms with Crippen molar-refractivity contribution in [1.82, 2.24) is 0 Å². The Bertz CT molecular complexity index is 653. The minimum Gasteiger partial charge on any atom is -0.455 e. The van der Waals surface area contributed by atoms with Crippen LogP contribution in [0.4, 0.5) is 0 Å². The number of ether oxygens (including phenoxy) is 9. The molecular weight excluding hydrogens is 472 g/mol. The molecule has 0 N–H and O–H groups in total. The summed E-state index contributed by atoms with van der Waals surface area (Å²) < 4.78 is 54.4. The van der Waals surface area contributed by atoms with Crippen molar-refractivity contribution in [3.05, 3.63) is 0 Å². The molecule has 5 aliphatic rings. The van der Waals surface area contributed by atoms with Gasteiger partial charge in [-0.3, -0.25) is 0 Å². The SMILES string of the molecule is O=C1O[C@H](COC2CCCCO2)[C@@H](OC2CCCCO2)[C@H](OC2CCCCO2)[C@H]1OC1CCCCO1. The number of carbonyl (C=O) groups excluding carboxylic acids is 1. The molecule has 206 valence electrons. The van der Waals surface area contributed by atoms with Crippen LogP contribution in [0, 0.1) is 0 Å². The van der Waals surface area contributed by atoms with Gasteiger partial charge >= 0.3 is 5.97 Å². The molecule has 0 radical (unpaired) electrons. The fourth-order valence-electron chi connectivity index (χ4n) is 5.39. The third-order valence-corrected chi connectivity index (χ3v) is 7.40. The zero-order valence-electron chi connectivity index (χ0n) is 21.2. The summed E-state index contributed by atoms with van der Waals surface area (Å²) in [5.74, 6) is -0.493. The Morgan fingerprint density at radius 2 is 1.06 bits per heavy atom. The van der Waals surface area contributed by atoms with E-state index < -0.39 is 49.3 Å². The lowest BCUT2D eigenvalue weighted by molar-refractivity contribution is -0.317. The Kier molecular flexibility index (Phi) is 10.3. The van der Waals surface area contributed by atoms with Gasteiger partial charge in [0.15, 0.2) is 37.4 Å². The van der Waals surface area contributed by atoms with Gasteiger partial charge in [-0.2, -0.15) is 0 Å². The maximum absolute atomic E-state index is 13.3. The smallest absolute Gasteiger partial charge is 0.338 e. The summed E-state index contributed by atoms with van der Waals surface area (Å²) >= 11 is 0. The molecule has 0 amide bonds. The average Bonchev–Trinajstić information content (AvgIpc) is 2.93. The molecule has 8 atom stereocenters. The summed E-state index contributed by atoms with van der Waals surface area (Å²) in [6.45, 7) is 2.69. The topological polar surface area (TPSA) is 100 Å². The molecule has 0 spiro atoms. The molecular formula is C26H42O10. The fraction of sp³-hybridized carbons (Fsp3) is 0.962. The first-order chi connectivity index (χ1) is 17.8. The predicted molar refractivity (Wildman–Crippen MR) is 125 cm³/mol. The number of hydrogen-bond acceptors (Lipinski definition) is 10. The summed E-state index contributed by atoms with van der Waals surface area (Å²) in [6, 6.07) is 0. The van der Waals surface area contributed by atoms with Crippen LogP contribution >= 0.6 is 0 Å². The minimum atomic E-state index is -0.991. The summed E-state index contributed by atoms with van der Waals surface area (Å²) in [7, 11) is 0. The number of rotatable bonds is 9. The lowest BCUT2D eigenvalue weighted by atomic mass is 9.98. The van der Waals surface area contributed by atoms with Crippen molar-refractivity contribution in [2.75, 3.05) is 33.0 Å². The van der Waals surface area contributed by atoms with Crippen LogP contribution in [0.25, 0.3) is 0 Å². The van der Waals surface area contributed by atoms with Crippen LogP contribution in [0.5, 0.6) is 0 Å². The van der Waals surface area contributed by atoms with E-state index in [1.165, 1.54) is 0 Å². The van der Waals surface area contributed by atoms with Gasteiger partial charge in [0, 0.05) is 26.4 Å². The zero-order chi connectivity index (χ0) is 24.6. The van der Waals surface area contributed by atoms with Crippen LogP contribution in [0.2, 0.25) is 0 Å². The van der Waals surface area contributed by atoms with E-state index in [4.69, 9.17) is 42.6 Å². The summed E-state index contributed by atoms with van der Waals surface area (Å²) in [5, 5.41) is 0. The van der Waals surface area contributed by atoms with Gasteiger partial charge in [0.2, 0.25) is 0 Å². The van der Waals surface area contributed by atoms with E-state index in [-0.39, 0.29) is 12.9 Å². The third-order valence-electron chi connectivity index (χ3n) is 7.40. The molecule has 0 bridgehead atoms. The average molecular weight is 515 g/mol. The normalized spacial score (nSPS) is 40.5. The third kappa shape index (κ3) is 7.38. The van der Waals surface area contributed by atoms with Crippen molar-refractivity contribution >= 4 is 5.97 Å². The summed E-state index contributed by atoms with van der Waals surface area (Å²) in [5.41, 5.74) is 0. The number of cyclic esters (lactones) is 1. The Morgan fingerprint density at radius 3 is 1.56 bits per heavy atom. The molecule has 0 aromatic heterocycles. The Morgan fingerprint density at radius 1 is 0.583 bits per heavy atom. The first-order valence-electron chi connectivity index (χ1n) is 14.0. The molecule has 0 aromatic rings. The maximum atomic E-state index is 13.3. The Labute approximate surface area is 213 Å². The second-order valence-corrected chi connectivity index (χ2v) is 10.3. The van der Waals surface area contributed by atoms with Gasteiger partial charge in [-0.15, -0.1) is 0 Å². The quantitative estimate of drug-likeness (QED) is 0.427. The number of esters is 1. The first kappa shape index (κ1) is 26.7. The van der Waals surface area contributed by atoms with Crippen LogP contribution < -0.4 is 0 Å². The predicted octanol–water partition coefficient (Wildman–Crippen LogP) is 3.19. The molecule has 5 saturated heterocycles. The van der Waals surface area contributed by atoms with E-state index in [2.05, 4.69) is 0 Å². The van der Waals surface area contributed by atoms with Crippen LogP contribution in [-0.2, 0) is 47.4 Å². The molecule has 0 aliphatic carbocycles. The standard InChI is InChI=1S/C26H42O10/c27-26-25(36-22-12-4-8-16-31-22)24(35-21-11-3-7-15-30-21)23(34-20-10-2-6-14-29-20)18(33-26)17-32-19-9-1-5-13-28-19/h18-25H,1-17H2/t18-,19?,20?,21?,22?,23-,24+,25-/m1/s1. The lowest BCUT2D eigenvalue weighted by Crippen LogP contribution is -2.62. The maximum Gasteiger partial charge on any atom is 0.338 e. The summed E-state index contributed by atoms with van der Waals surface area (Å²) in [6.07, 6.45) is 6.43. The van der Waals surface area contributed by atoms with Crippen LogP contribution in [-0.4, -0.2) is 88.6 Å². The van der Waals surface area contributed by atoms with Crippen molar-refractivity contribution in [2.24, 2.45) is 0 Å². The van der Waals surface area contributed by atoms with Crippen LogP contribution in [0.1, 0.15) is 77.0 Å². The van der Waals surface area contributed by atoms with E-state index in [0.29, 0.717) is 26.4 Å². The van der Waals surface area contributed by atoms with Gasteiger partial charge < -0.3 is 42.6 Å². The highest BCUT2D eigenvalue weighted by atomic mass is 16.8. The monoisotopic (exact) mass is 514 g/mol. The number of hydrogen-bond donors (Lipinski definition) is 0. The fourth-order valence-corrected chi connectivity index (χ4v) is 5.39. The van der Waals surface area contributed by atoms with Gasteiger partial charge in [0.05, 0.1) is 6.61 Å². The molecule has 5 heterocycles. The Hall–Kier alpha value is -0.850. The van der Waals surface area contributed by atoms with Gasteiger partial charge in [0.25, 0.3) is 0 Å². The second kappa shape index (κ2) is 13.8.